The van der Waals surface area contributed by atoms with Crippen molar-refractivity contribution < 1.29 is 0 Å². The predicted molar refractivity (Wildman–Crippen MR) is 111 cm³/mol. The van der Waals surface area contributed by atoms with Gasteiger partial charge in [0, 0.05) is 44.5 Å². The van der Waals surface area contributed by atoms with E-state index in [-0.39, 0.29) is 0 Å². The number of piperazine rings is 1. The molecule has 1 aliphatic rings. The highest BCUT2D eigenvalue weighted by Gasteiger charge is 2.22. The summed E-state index contributed by atoms with van der Waals surface area (Å²) in [5.41, 5.74) is 3.96. The van der Waals surface area contributed by atoms with Crippen molar-refractivity contribution in [1.29, 1.82) is 0 Å². The van der Waals surface area contributed by atoms with Gasteiger partial charge in [-0.25, -0.2) is 0 Å². The third-order valence-electron chi connectivity index (χ3n) is 5.24. The Hall–Kier alpha value is -1.84. The third kappa shape index (κ3) is 5.58. The fraction of sp³-hybridized carbons (Fsp3) is 0.478. The van der Waals surface area contributed by atoms with E-state index in [4.69, 9.17) is 0 Å². The van der Waals surface area contributed by atoms with Crippen LogP contribution in [0.1, 0.15) is 43.9 Å². The molecular formula is C23H33N3. The summed E-state index contributed by atoms with van der Waals surface area (Å²) in [6, 6.07) is 20.2. The highest BCUT2D eigenvalue weighted by atomic mass is 15.2. The summed E-state index contributed by atoms with van der Waals surface area (Å²) >= 11 is 0. The van der Waals surface area contributed by atoms with E-state index < -0.39 is 0 Å². The van der Waals surface area contributed by atoms with Gasteiger partial charge in [-0.1, -0.05) is 56.3 Å². The van der Waals surface area contributed by atoms with Crippen molar-refractivity contribution in [2.45, 2.75) is 39.3 Å². The van der Waals surface area contributed by atoms with Crippen LogP contribution < -0.4 is 10.6 Å². The average molecular weight is 352 g/mol. The molecule has 0 spiro atoms. The smallest absolute Gasteiger partial charge is 0.0400 e. The normalized spacial score (nSPS) is 16.6. The molecule has 0 bridgehead atoms. The lowest BCUT2D eigenvalue weighted by Gasteiger charge is -2.35. The summed E-state index contributed by atoms with van der Waals surface area (Å²) in [5, 5.41) is 7.01. The summed E-state index contributed by atoms with van der Waals surface area (Å²) < 4.78 is 0. The predicted octanol–water partition coefficient (Wildman–Crippen LogP) is 4.68. The Balaban J connectivity index is 1.64. The molecule has 0 aromatic heterocycles. The van der Waals surface area contributed by atoms with Crippen LogP contribution in [0, 0.1) is 5.92 Å². The Bertz CT molecular complexity index is 630. The largest absolute Gasteiger partial charge is 0.381 e. The van der Waals surface area contributed by atoms with Crippen LogP contribution in [0.3, 0.4) is 0 Å². The zero-order valence-corrected chi connectivity index (χ0v) is 16.2. The Morgan fingerprint density at radius 1 is 0.923 bits per heavy atom. The fourth-order valence-corrected chi connectivity index (χ4v) is 3.67. The molecule has 0 aliphatic carbocycles. The van der Waals surface area contributed by atoms with E-state index >= 15 is 0 Å². The molecule has 2 N–H and O–H groups in total. The van der Waals surface area contributed by atoms with E-state index in [0.717, 1.165) is 38.6 Å². The van der Waals surface area contributed by atoms with Crippen molar-refractivity contribution >= 4 is 5.69 Å². The molecular weight excluding hydrogens is 318 g/mol. The molecule has 1 atom stereocenters. The summed E-state index contributed by atoms with van der Waals surface area (Å²) in [6.45, 7) is 10.0. The maximum atomic E-state index is 3.53. The van der Waals surface area contributed by atoms with Gasteiger partial charge in [-0.15, -0.1) is 0 Å². The van der Waals surface area contributed by atoms with Crippen molar-refractivity contribution in [2.75, 3.05) is 31.5 Å². The molecule has 3 rings (SSSR count). The molecule has 0 radical (unpaired) electrons. The van der Waals surface area contributed by atoms with Gasteiger partial charge < -0.3 is 10.6 Å². The van der Waals surface area contributed by atoms with Crippen molar-refractivity contribution in [3.8, 4) is 0 Å². The third-order valence-corrected chi connectivity index (χ3v) is 5.24. The van der Waals surface area contributed by atoms with Crippen molar-refractivity contribution in [1.82, 2.24) is 10.2 Å². The van der Waals surface area contributed by atoms with Crippen LogP contribution in [0.4, 0.5) is 5.69 Å². The van der Waals surface area contributed by atoms with E-state index in [1.165, 1.54) is 29.7 Å². The highest BCUT2D eigenvalue weighted by molar-refractivity contribution is 5.45. The quantitative estimate of drug-likeness (QED) is 0.723. The lowest BCUT2D eigenvalue weighted by Crippen LogP contribution is -2.45. The van der Waals surface area contributed by atoms with Gasteiger partial charge in [0.2, 0.25) is 0 Å². The SMILES string of the molecule is CC(C)CC[C@H](c1ccc(NCc2ccccc2)cc1)N1CCNCC1. The van der Waals surface area contributed by atoms with Crippen LogP contribution in [0.5, 0.6) is 0 Å². The van der Waals surface area contributed by atoms with E-state index in [1.807, 2.05) is 0 Å². The Morgan fingerprint density at radius 3 is 2.27 bits per heavy atom. The molecule has 1 saturated heterocycles. The van der Waals surface area contributed by atoms with Gasteiger partial charge in [-0.3, -0.25) is 4.90 Å². The van der Waals surface area contributed by atoms with Crippen LogP contribution in [0.25, 0.3) is 0 Å². The molecule has 1 heterocycles. The zero-order valence-electron chi connectivity index (χ0n) is 16.2. The monoisotopic (exact) mass is 351 g/mol. The first-order valence-corrected chi connectivity index (χ1v) is 10.0. The van der Waals surface area contributed by atoms with E-state index in [0.29, 0.717) is 6.04 Å². The molecule has 0 unspecified atom stereocenters. The lowest BCUT2D eigenvalue weighted by molar-refractivity contribution is 0.160. The minimum atomic E-state index is 0.544. The first-order chi connectivity index (χ1) is 12.7. The van der Waals surface area contributed by atoms with Crippen LogP contribution in [0.15, 0.2) is 54.6 Å². The standard InChI is InChI=1S/C23H33N3/c1-19(2)8-13-23(26-16-14-24-15-17-26)21-9-11-22(12-10-21)25-18-20-6-4-3-5-7-20/h3-7,9-12,19,23-25H,8,13-18H2,1-2H3/t23-/m1/s1. The highest BCUT2D eigenvalue weighted by Crippen LogP contribution is 2.28. The fourth-order valence-electron chi connectivity index (χ4n) is 3.67. The summed E-state index contributed by atoms with van der Waals surface area (Å²) in [4.78, 5) is 2.66. The molecule has 0 amide bonds. The first kappa shape index (κ1) is 18.9. The van der Waals surface area contributed by atoms with Crippen LogP contribution >= 0.6 is 0 Å². The van der Waals surface area contributed by atoms with Crippen molar-refractivity contribution in [2.24, 2.45) is 5.92 Å². The van der Waals surface area contributed by atoms with Crippen LogP contribution in [0.2, 0.25) is 0 Å². The Labute approximate surface area is 158 Å². The van der Waals surface area contributed by atoms with Crippen LogP contribution in [-0.2, 0) is 6.54 Å². The second kappa shape index (κ2) is 9.75. The van der Waals surface area contributed by atoms with Gasteiger partial charge in [-0.05, 0) is 42.0 Å². The molecule has 140 valence electrons. The molecule has 3 nitrogen and oxygen atoms in total. The van der Waals surface area contributed by atoms with E-state index in [2.05, 4.69) is 84.0 Å². The van der Waals surface area contributed by atoms with Crippen molar-refractivity contribution in [3.63, 3.8) is 0 Å². The van der Waals surface area contributed by atoms with Gasteiger partial charge in [0.15, 0.2) is 0 Å². The van der Waals surface area contributed by atoms with Crippen LogP contribution in [-0.4, -0.2) is 31.1 Å². The number of anilines is 1. The molecule has 2 aromatic carbocycles. The van der Waals surface area contributed by atoms with E-state index in [9.17, 15) is 0 Å². The second-order valence-corrected chi connectivity index (χ2v) is 7.73. The van der Waals surface area contributed by atoms with Gasteiger partial charge in [0.1, 0.15) is 0 Å². The lowest BCUT2D eigenvalue weighted by atomic mass is 9.95. The van der Waals surface area contributed by atoms with Gasteiger partial charge in [0.25, 0.3) is 0 Å². The maximum Gasteiger partial charge on any atom is 0.0400 e. The Kier molecular flexibility index (Phi) is 7.10. The molecule has 26 heavy (non-hydrogen) atoms. The second-order valence-electron chi connectivity index (χ2n) is 7.73. The number of hydrogen-bond acceptors (Lipinski definition) is 3. The molecule has 1 fully saturated rings. The van der Waals surface area contributed by atoms with Gasteiger partial charge >= 0.3 is 0 Å². The molecule has 1 aliphatic heterocycles. The Morgan fingerprint density at radius 2 is 1.62 bits per heavy atom. The molecule has 0 saturated carbocycles. The summed E-state index contributed by atoms with van der Waals surface area (Å²) in [6.07, 6.45) is 2.52. The topological polar surface area (TPSA) is 27.3 Å². The summed E-state index contributed by atoms with van der Waals surface area (Å²) in [5.74, 6) is 0.757. The van der Waals surface area contributed by atoms with E-state index in [1.54, 1.807) is 0 Å². The number of hydrogen-bond donors (Lipinski definition) is 2. The van der Waals surface area contributed by atoms with Crippen molar-refractivity contribution in [3.05, 3.63) is 65.7 Å². The molecule has 3 heteroatoms. The summed E-state index contributed by atoms with van der Waals surface area (Å²) in [7, 11) is 0. The van der Waals surface area contributed by atoms with Gasteiger partial charge in [0.05, 0.1) is 0 Å². The minimum Gasteiger partial charge on any atom is -0.381 e. The molecule has 2 aromatic rings. The minimum absolute atomic E-state index is 0.544. The maximum absolute atomic E-state index is 3.53. The number of rotatable bonds is 8. The average Bonchev–Trinajstić information content (AvgIpc) is 2.69. The number of nitrogens with one attached hydrogen (secondary N) is 2. The zero-order chi connectivity index (χ0) is 18.2. The number of nitrogens with zero attached hydrogens (tertiary/aromatic N) is 1. The first-order valence-electron chi connectivity index (χ1n) is 10.0. The van der Waals surface area contributed by atoms with Gasteiger partial charge in [-0.2, -0.15) is 0 Å². The number of benzene rings is 2.